The normalized spacial score (nSPS) is 14.1. The lowest BCUT2D eigenvalue weighted by Gasteiger charge is -2.30. The van der Waals surface area contributed by atoms with Crippen molar-refractivity contribution in [2.75, 3.05) is 0 Å². The summed E-state index contributed by atoms with van der Waals surface area (Å²) in [6.45, 7) is 0. The largest absolute Gasteiger partial charge is 0.353 e. The Labute approximate surface area is 220 Å². The Morgan fingerprint density at radius 1 is 0.600 bits per heavy atom. The summed E-state index contributed by atoms with van der Waals surface area (Å²) in [4.78, 5) is 86.7. The van der Waals surface area contributed by atoms with Gasteiger partial charge in [0.25, 0.3) is 35.0 Å². The second kappa shape index (κ2) is 8.38. The van der Waals surface area contributed by atoms with Gasteiger partial charge in [0.15, 0.2) is 0 Å². The van der Waals surface area contributed by atoms with Crippen molar-refractivity contribution in [3.05, 3.63) is 103 Å². The molecule has 40 heavy (non-hydrogen) atoms. The number of non-ortho nitro benzene ring substituents is 2. The number of carbonyl (C=O) groups is 5. The molecule has 15 nitrogen and oxygen atoms in total. The molecular weight excluding hydrogens is 528 g/mol. The molecule has 2 N–H and O–H groups in total. The predicted octanol–water partition coefficient (Wildman–Crippen LogP) is 2.83. The van der Waals surface area contributed by atoms with Crippen LogP contribution in [0.4, 0.5) is 16.2 Å². The minimum atomic E-state index is -1.36. The SMILES string of the molecule is O=C(NN1C(=O)c2cccc3cc([N+](=O)[O-])cc(c23)C1=O)NN1C(=O)c2cccc3cc([N+](=O)[O-])cc(c23)C1=O. The molecule has 196 valence electrons. The average molecular weight is 540 g/mol. The Kier molecular flexibility index (Phi) is 5.05. The Morgan fingerprint density at radius 2 is 0.975 bits per heavy atom. The summed E-state index contributed by atoms with van der Waals surface area (Å²) < 4.78 is 0. The van der Waals surface area contributed by atoms with Gasteiger partial charge in [0.2, 0.25) is 0 Å². The van der Waals surface area contributed by atoms with E-state index in [1.54, 1.807) is 0 Å². The smallest absolute Gasteiger partial charge is 0.267 e. The van der Waals surface area contributed by atoms with Crippen LogP contribution in [0.15, 0.2) is 60.7 Å². The van der Waals surface area contributed by atoms with Gasteiger partial charge in [-0.2, -0.15) is 10.0 Å². The summed E-state index contributed by atoms with van der Waals surface area (Å²) >= 11 is 0. The van der Waals surface area contributed by atoms with Crippen molar-refractivity contribution in [3.63, 3.8) is 0 Å². The molecule has 0 fully saturated rings. The maximum atomic E-state index is 13.2. The van der Waals surface area contributed by atoms with E-state index in [-0.39, 0.29) is 43.8 Å². The number of hydrazine groups is 2. The molecule has 0 atom stereocenters. The number of nitrogens with zero attached hydrogens (tertiary/aromatic N) is 4. The van der Waals surface area contributed by atoms with Gasteiger partial charge in [0.1, 0.15) is 0 Å². The maximum absolute atomic E-state index is 13.2. The standard InChI is InChI=1S/C25H12N6O9/c32-21-15-5-1-3-11-7-13(30(37)38)9-17(19(11)15)23(34)28(21)26-25(36)27-29-22(33)16-6-2-4-12-8-14(31(39)40)10-18(20(12)16)24(29)35/h1-10H,(H2,26,27,36). The molecule has 2 aliphatic heterocycles. The van der Waals surface area contributed by atoms with E-state index < -0.39 is 50.9 Å². The number of nitrogens with one attached hydrogen (secondary N) is 2. The first kappa shape index (κ1) is 24.1. The highest BCUT2D eigenvalue weighted by atomic mass is 16.6. The number of nitro benzene ring substituents is 2. The van der Waals surface area contributed by atoms with Crippen LogP contribution in [-0.2, 0) is 0 Å². The third-order valence-electron chi connectivity index (χ3n) is 6.51. The fourth-order valence-corrected chi connectivity index (χ4v) is 4.83. The predicted molar refractivity (Wildman–Crippen MR) is 134 cm³/mol. The van der Waals surface area contributed by atoms with Crippen LogP contribution >= 0.6 is 0 Å². The molecule has 4 aromatic rings. The maximum Gasteiger partial charge on any atom is 0.353 e. The molecule has 15 heteroatoms. The number of urea groups is 1. The van der Waals surface area contributed by atoms with Crippen molar-refractivity contribution in [1.29, 1.82) is 0 Å². The zero-order valence-electron chi connectivity index (χ0n) is 19.7. The van der Waals surface area contributed by atoms with Gasteiger partial charge < -0.3 is 0 Å². The van der Waals surface area contributed by atoms with E-state index in [1.807, 2.05) is 10.9 Å². The Hall–Kier alpha value is -6.25. The number of amides is 6. The molecule has 2 heterocycles. The second-order valence-corrected chi connectivity index (χ2v) is 8.75. The minimum absolute atomic E-state index is 0.0275. The molecule has 6 amide bonds. The molecule has 0 aliphatic carbocycles. The summed E-state index contributed by atoms with van der Waals surface area (Å²) in [6, 6.07) is 11.6. The molecule has 6 rings (SSSR count). The first-order chi connectivity index (χ1) is 19.1. The van der Waals surface area contributed by atoms with Crippen LogP contribution in [0.25, 0.3) is 21.5 Å². The number of nitro groups is 2. The third-order valence-corrected chi connectivity index (χ3v) is 6.51. The van der Waals surface area contributed by atoms with Crippen LogP contribution in [-0.4, -0.2) is 49.5 Å². The van der Waals surface area contributed by atoms with Crippen LogP contribution < -0.4 is 10.9 Å². The topological polar surface area (TPSA) is 202 Å². The molecule has 2 aliphatic rings. The number of imide groups is 2. The van der Waals surface area contributed by atoms with Gasteiger partial charge >= 0.3 is 6.03 Å². The van der Waals surface area contributed by atoms with Crippen LogP contribution in [0.3, 0.4) is 0 Å². The van der Waals surface area contributed by atoms with E-state index in [2.05, 4.69) is 0 Å². The van der Waals surface area contributed by atoms with Gasteiger partial charge in [0.05, 0.1) is 32.1 Å². The molecule has 0 aromatic heterocycles. The quantitative estimate of drug-likeness (QED) is 0.222. The van der Waals surface area contributed by atoms with Gasteiger partial charge in [-0.05, 0) is 22.9 Å². The van der Waals surface area contributed by atoms with E-state index >= 15 is 0 Å². The monoisotopic (exact) mass is 540 g/mol. The fourth-order valence-electron chi connectivity index (χ4n) is 4.83. The lowest BCUT2D eigenvalue weighted by atomic mass is 9.94. The number of carbonyl (C=O) groups excluding carboxylic acids is 5. The van der Waals surface area contributed by atoms with E-state index in [1.165, 1.54) is 48.5 Å². The molecule has 0 saturated carbocycles. The molecule has 0 unspecified atom stereocenters. The number of hydrogen-bond acceptors (Lipinski definition) is 9. The van der Waals surface area contributed by atoms with Gasteiger partial charge in [-0.3, -0.25) is 39.4 Å². The number of hydrogen-bond donors (Lipinski definition) is 2. The lowest BCUT2D eigenvalue weighted by molar-refractivity contribution is -0.384. The molecule has 0 spiro atoms. The number of rotatable bonds is 4. The highest BCUT2D eigenvalue weighted by molar-refractivity contribution is 6.27. The highest BCUT2D eigenvalue weighted by Crippen LogP contribution is 2.34. The van der Waals surface area contributed by atoms with Crippen LogP contribution in [0.1, 0.15) is 41.4 Å². The molecule has 0 radical (unpaired) electrons. The molecule has 0 saturated heterocycles. The average Bonchev–Trinajstić information content (AvgIpc) is 2.94. The summed E-state index contributed by atoms with van der Waals surface area (Å²) in [5.41, 5.74) is 2.62. The number of benzene rings is 4. The Bertz CT molecular complexity index is 1800. The van der Waals surface area contributed by atoms with E-state index in [9.17, 15) is 44.2 Å². The Balaban J connectivity index is 1.32. The fraction of sp³-hybridized carbons (Fsp3) is 0. The summed E-state index contributed by atoms with van der Waals surface area (Å²) in [7, 11) is 0. The zero-order valence-corrected chi connectivity index (χ0v) is 19.7. The zero-order chi connectivity index (χ0) is 28.5. The summed E-state index contributed by atoms with van der Waals surface area (Å²) in [6.07, 6.45) is 0. The summed E-state index contributed by atoms with van der Waals surface area (Å²) in [5, 5.41) is 24.2. The Morgan fingerprint density at radius 3 is 1.35 bits per heavy atom. The molecule has 0 bridgehead atoms. The van der Waals surface area contributed by atoms with E-state index in [0.717, 1.165) is 12.1 Å². The summed E-state index contributed by atoms with van der Waals surface area (Å²) in [5.74, 6) is -4.10. The van der Waals surface area contributed by atoms with Crippen molar-refractivity contribution in [2.45, 2.75) is 0 Å². The highest BCUT2D eigenvalue weighted by Gasteiger charge is 2.38. The van der Waals surface area contributed by atoms with E-state index in [0.29, 0.717) is 10.0 Å². The van der Waals surface area contributed by atoms with Gasteiger partial charge in [-0.1, -0.05) is 24.3 Å². The van der Waals surface area contributed by atoms with Crippen LogP contribution in [0.5, 0.6) is 0 Å². The molecule has 4 aromatic carbocycles. The van der Waals surface area contributed by atoms with Crippen molar-refractivity contribution < 1.29 is 33.8 Å². The molecular formula is C25H12N6O9. The second-order valence-electron chi connectivity index (χ2n) is 8.75. The third kappa shape index (κ3) is 3.42. The van der Waals surface area contributed by atoms with E-state index in [4.69, 9.17) is 0 Å². The van der Waals surface area contributed by atoms with Crippen molar-refractivity contribution in [3.8, 4) is 0 Å². The first-order valence-corrected chi connectivity index (χ1v) is 11.3. The van der Waals surface area contributed by atoms with Gasteiger partial charge in [0, 0.05) is 35.0 Å². The van der Waals surface area contributed by atoms with Gasteiger partial charge in [-0.15, -0.1) is 0 Å². The first-order valence-electron chi connectivity index (χ1n) is 11.3. The van der Waals surface area contributed by atoms with Crippen molar-refractivity contribution in [2.24, 2.45) is 0 Å². The van der Waals surface area contributed by atoms with Crippen molar-refractivity contribution >= 4 is 62.6 Å². The lowest BCUT2D eigenvalue weighted by Crippen LogP contribution is -2.60. The van der Waals surface area contributed by atoms with Crippen LogP contribution in [0, 0.1) is 20.2 Å². The minimum Gasteiger partial charge on any atom is -0.267 e. The van der Waals surface area contributed by atoms with Gasteiger partial charge in [-0.25, -0.2) is 15.6 Å². The van der Waals surface area contributed by atoms with Crippen molar-refractivity contribution in [1.82, 2.24) is 20.9 Å². The van der Waals surface area contributed by atoms with Crippen LogP contribution in [0.2, 0.25) is 0 Å².